The van der Waals surface area contributed by atoms with Gasteiger partial charge < -0.3 is 49.7 Å². The quantitative estimate of drug-likeness (QED) is 0.0463. The van der Waals surface area contributed by atoms with Crippen LogP contribution in [0.4, 0.5) is 0 Å². The molecular weight excluding hydrogens is 486 g/mol. The first-order valence-electron chi connectivity index (χ1n) is 12.2. The van der Waals surface area contributed by atoms with Crippen molar-refractivity contribution in [3.8, 4) is 0 Å². The van der Waals surface area contributed by atoms with Crippen LogP contribution < -0.4 is 44.6 Å². The lowest BCUT2D eigenvalue weighted by molar-refractivity contribution is -0.143. The number of unbranched alkanes of at least 4 members (excludes halogenated alkanes) is 1. The number of aliphatic imine (C=N–C) groups is 1. The number of aliphatic carboxylic acids is 1. The Bertz CT molecular complexity index is 802. The number of amides is 4. The normalized spacial score (nSPS) is 14.1. The fourth-order valence-electron chi connectivity index (χ4n) is 3.29. The van der Waals surface area contributed by atoms with Crippen LogP contribution in [0.3, 0.4) is 0 Å². The van der Waals surface area contributed by atoms with Gasteiger partial charge in [0.05, 0.1) is 6.04 Å². The van der Waals surface area contributed by atoms with Crippen LogP contribution in [-0.4, -0.2) is 77.9 Å². The number of nitrogens with one attached hydrogen (secondary N) is 3. The molecule has 0 radical (unpaired) electrons. The average Bonchev–Trinajstić information content (AvgIpc) is 2.80. The summed E-state index contributed by atoms with van der Waals surface area (Å²) in [4.78, 5) is 65.1. The van der Waals surface area contributed by atoms with Crippen molar-refractivity contribution in [1.82, 2.24) is 16.0 Å². The minimum absolute atomic E-state index is 0.0762. The summed E-state index contributed by atoms with van der Waals surface area (Å²) < 4.78 is 0. The first-order valence-corrected chi connectivity index (χ1v) is 12.2. The van der Waals surface area contributed by atoms with Crippen molar-refractivity contribution >= 4 is 35.6 Å². The van der Waals surface area contributed by atoms with Crippen molar-refractivity contribution in [3.63, 3.8) is 0 Å². The van der Waals surface area contributed by atoms with E-state index in [0.717, 1.165) is 0 Å². The number of carboxylic acids is 1. The van der Waals surface area contributed by atoms with E-state index in [1.165, 1.54) is 0 Å². The molecule has 37 heavy (non-hydrogen) atoms. The standard InChI is InChI=1S/C22H43N9O6/c1-12(2)17(21(36)37)31-20(35)15(8-9-16(25)32)30-19(34)14(7-3-4-10-23)29-18(33)13(24)6-5-11-28-22(26)27/h12-15,17H,3-11,23-24H2,1-2H3,(H2,25,32)(H,29,33)(H,30,34)(H,31,35)(H,36,37)(H4,26,27,28). The molecule has 14 N–H and O–H groups in total. The summed E-state index contributed by atoms with van der Waals surface area (Å²) in [6.45, 7) is 3.88. The average molecular weight is 530 g/mol. The van der Waals surface area contributed by atoms with E-state index in [0.29, 0.717) is 25.8 Å². The molecule has 0 aromatic rings. The molecule has 0 heterocycles. The highest BCUT2D eigenvalue weighted by molar-refractivity contribution is 5.94. The first-order chi connectivity index (χ1) is 17.3. The zero-order valence-corrected chi connectivity index (χ0v) is 21.6. The highest BCUT2D eigenvalue weighted by Crippen LogP contribution is 2.08. The van der Waals surface area contributed by atoms with E-state index in [-0.39, 0.29) is 38.2 Å². The van der Waals surface area contributed by atoms with Gasteiger partial charge in [0.15, 0.2) is 5.96 Å². The van der Waals surface area contributed by atoms with Crippen molar-refractivity contribution in [3.05, 3.63) is 0 Å². The molecule has 0 aromatic carbocycles. The second-order valence-corrected chi connectivity index (χ2v) is 9.04. The summed E-state index contributed by atoms with van der Waals surface area (Å²) >= 11 is 0. The number of hydrogen-bond acceptors (Lipinski definition) is 8. The maximum absolute atomic E-state index is 13.1. The maximum atomic E-state index is 13.1. The van der Waals surface area contributed by atoms with E-state index in [1.807, 2.05) is 0 Å². The van der Waals surface area contributed by atoms with E-state index in [9.17, 15) is 29.1 Å². The second kappa shape index (κ2) is 17.9. The van der Waals surface area contributed by atoms with Gasteiger partial charge in [0.1, 0.15) is 18.1 Å². The third-order valence-corrected chi connectivity index (χ3v) is 5.43. The molecular formula is C22H43N9O6. The van der Waals surface area contributed by atoms with Crippen molar-refractivity contribution in [2.45, 2.75) is 83.0 Å². The summed E-state index contributed by atoms with van der Waals surface area (Å²) in [6, 6.07) is -4.46. The summed E-state index contributed by atoms with van der Waals surface area (Å²) in [6.07, 6.45) is 1.60. The van der Waals surface area contributed by atoms with Crippen molar-refractivity contribution in [2.75, 3.05) is 13.1 Å². The Balaban J connectivity index is 5.49. The van der Waals surface area contributed by atoms with Gasteiger partial charge in [-0.25, -0.2) is 4.79 Å². The van der Waals surface area contributed by atoms with Gasteiger partial charge in [0, 0.05) is 13.0 Å². The number of primary amides is 1. The molecule has 4 amide bonds. The molecule has 0 aromatic heterocycles. The fourth-order valence-corrected chi connectivity index (χ4v) is 3.29. The lowest BCUT2D eigenvalue weighted by atomic mass is 10.0. The highest BCUT2D eigenvalue weighted by Gasteiger charge is 2.31. The molecule has 0 spiro atoms. The van der Waals surface area contributed by atoms with Gasteiger partial charge in [0.25, 0.3) is 0 Å². The van der Waals surface area contributed by atoms with E-state index in [4.69, 9.17) is 28.7 Å². The molecule has 212 valence electrons. The number of nitrogens with two attached hydrogens (primary N) is 5. The molecule has 4 unspecified atom stereocenters. The highest BCUT2D eigenvalue weighted by atomic mass is 16.4. The van der Waals surface area contributed by atoms with Gasteiger partial charge in [-0.15, -0.1) is 0 Å². The minimum Gasteiger partial charge on any atom is -0.480 e. The SMILES string of the molecule is CC(C)C(NC(=O)C(CCC(N)=O)NC(=O)C(CCCCN)NC(=O)C(N)CCCN=C(N)N)C(=O)O. The van der Waals surface area contributed by atoms with Crippen LogP contribution in [0, 0.1) is 5.92 Å². The van der Waals surface area contributed by atoms with Crippen LogP contribution in [0.15, 0.2) is 4.99 Å². The fraction of sp³-hybridized carbons (Fsp3) is 0.727. The predicted molar refractivity (Wildman–Crippen MR) is 137 cm³/mol. The Morgan fingerprint density at radius 3 is 1.89 bits per heavy atom. The second-order valence-electron chi connectivity index (χ2n) is 9.04. The van der Waals surface area contributed by atoms with Crippen LogP contribution in [0.1, 0.15) is 58.8 Å². The van der Waals surface area contributed by atoms with Crippen molar-refractivity contribution < 1.29 is 29.1 Å². The van der Waals surface area contributed by atoms with Crippen LogP contribution in [0.2, 0.25) is 0 Å². The molecule has 0 saturated carbocycles. The van der Waals surface area contributed by atoms with Gasteiger partial charge in [-0.1, -0.05) is 13.8 Å². The Morgan fingerprint density at radius 2 is 1.38 bits per heavy atom. The monoisotopic (exact) mass is 529 g/mol. The molecule has 0 bridgehead atoms. The Labute approximate surface area is 216 Å². The number of carboxylic acid groups (broad SMARTS) is 1. The van der Waals surface area contributed by atoms with E-state index in [2.05, 4.69) is 20.9 Å². The maximum Gasteiger partial charge on any atom is 0.326 e. The minimum atomic E-state index is -1.26. The molecule has 15 nitrogen and oxygen atoms in total. The lowest BCUT2D eigenvalue weighted by Crippen LogP contribution is -2.57. The Hall–Kier alpha value is -3.46. The van der Waals surface area contributed by atoms with Crippen LogP contribution >= 0.6 is 0 Å². The summed E-state index contributed by atoms with van der Waals surface area (Å²) in [5.41, 5.74) is 27.2. The van der Waals surface area contributed by atoms with Crippen LogP contribution in [0.25, 0.3) is 0 Å². The number of carbonyl (C=O) groups is 5. The van der Waals surface area contributed by atoms with Crippen molar-refractivity contribution in [2.24, 2.45) is 39.6 Å². The zero-order valence-electron chi connectivity index (χ0n) is 21.6. The molecule has 4 atom stereocenters. The molecule has 0 aliphatic rings. The topological polar surface area (TPSA) is 284 Å². The Morgan fingerprint density at radius 1 is 0.811 bits per heavy atom. The molecule has 0 fully saturated rings. The van der Waals surface area contributed by atoms with Gasteiger partial charge in [-0.3, -0.25) is 24.2 Å². The number of hydrogen-bond donors (Lipinski definition) is 9. The lowest BCUT2D eigenvalue weighted by Gasteiger charge is -2.26. The Kier molecular flexibility index (Phi) is 16.2. The smallest absolute Gasteiger partial charge is 0.326 e. The van der Waals surface area contributed by atoms with Gasteiger partial charge in [-0.2, -0.15) is 0 Å². The molecule has 0 aliphatic carbocycles. The number of rotatable bonds is 19. The first kappa shape index (κ1) is 33.5. The summed E-state index contributed by atoms with van der Waals surface area (Å²) in [7, 11) is 0. The number of nitrogens with zero attached hydrogens (tertiary/aromatic N) is 1. The molecule has 0 rings (SSSR count). The molecule has 15 heteroatoms. The predicted octanol–water partition coefficient (Wildman–Crippen LogP) is -3.04. The van der Waals surface area contributed by atoms with E-state index in [1.54, 1.807) is 13.8 Å². The van der Waals surface area contributed by atoms with Crippen molar-refractivity contribution in [1.29, 1.82) is 0 Å². The number of guanidine groups is 1. The third-order valence-electron chi connectivity index (χ3n) is 5.43. The van der Waals surface area contributed by atoms with Gasteiger partial charge in [0.2, 0.25) is 23.6 Å². The third kappa shape index (κ3) is 14.6. The van der Waals surface area contributed by atoms with Crippen LogP contribution in [0.5, 0.6) is 0 Å². The van der Waals surface area contributed by atoms with Crippen LogP contribution in [-0.2, 0) is 24.0 Å². The van der Waals surface area contributed by atoms with E-state index < -0.39 is 59.7 Å². The molecule has 0 aliphatic heterocycles. The van der Waals surface area contributed by atoms with E-state index >= 15 is 0 Å². The number of carbonyl (C=O) groups excluding carboxylic acids is 4. The zero-order chi connectivity index (χ0) is 28.5. The summed E-state index contributed by atoms with van der Waals surface area (Å²) in [5, 5.41) is 16.8. The summed E-state index contributed by atoms with van der Waals surface area (Å²) in [5.74, 6) is -4.53. The van der Waals surface area contributed by atoms with Gasteiger partial charge in [-0.05, 0) is 51.0 Å². The largest absolute Gasteiger partial charge is 0.480 e. The van der Waals surface area contributed by atoms with Gasteiger partial charge >= 0.3 is 5.97 Å². The molecule has 0 saturated heterocycles.